The highest BCUT2D eigenvalue weighted by atomic mass is 35.5. The second-order valence-corrected chi connectivity index (χ2v) is 11.5. The Hall–Kier alpha value is -2.42. The van der Waals surface area contributed by atoms with E-state index in [-0.39, 0.29) is 12.3 Å². The van der Waals surface area contributed by atoms with Crippen molar-refractivity contribution in [3.8, 4) is 0 Å². The number of halogens is 1. The van der Waals surface area contributed by atoms with E-state index < -0.39 is 23.3 Å². The van der Waals surface area contributed by atoms with Crippen molar-refractivity contribution in [3.63, 3.8) is 0 Å². The highest BCUT2D eigenvalue weighted by Crippen LogP contribution is 2.53. The summed E-state index contributed by atoms with van der Waals surface area (Å²) in [7, 11) is 0. The van der Waals surface area contributed by atoms with Gasteiger partial charge in [0.1, 0.15) is 0 Å². The van der Waals surface area contributed by atoms with Crippen molar-refractivity contribution in [1.82, 2.24) is 4.90 Å². The van der Waals surface area contributed by atoms with E-state index in [2.05, 4.69) is 16.3 Å². The van der Waals surface area contributed by atoms with Gasteiger partial charge in [-0.05, 0) is 105 Å². The van der Waals surface area contributed by atoms with E-state index in [0.29, 0.717) is 29.5 Å². The summed E-state index contributed by atoms with van der Waals surface area (Å²) in [6, 6.07) is 8.97. The fourth-order valence-corrected chi connectivity index (χ4v) is 7.39. The summed E-state index contributed by atoms with van der Waals surface area (Å²) >= 11 is 7.92. The molecule has 9 heteroatoms. The molecule has 184 valence electrons. The van der Waals surface area contributed by atoms with Crippen molar-refractivity contribution < 1.29 is 23.9 Å². The van der Waals surface area contributed by atoms with Crippen LogP contribution in [0.3, 0.4) is 0 Å². The predicted octanol–water partition coefficient (Wildman–Crippen LogP) is 4.48. The Kier molecular flexibility index (Phi) is 5.66. The first-order valence-electron chi connectivity index (χ1n) is 12.2. The molecule has 2 aromatic rings. The number of thiophene rings is 1. The number of benzene rings is 1. The van der Waals surface area contributed by atoms with Crippen molar-refractivity contribution >= 4 is 46.5 Å². The van der Waals surface area contributed by atoms with E-state index >= 15 is 0 Å². The number of amides is 1. The Morgan fingerprint density at radius 1 is 1.03 bits per heavy atom. The van der Waals surface area contributed by atoms with Crippen LogP contribution >= 0.6 is 22.9 Å². The molecule has 1 aromatic heterocycles. The lowest BCUT2D eigenvalue weighted by Gasteiger charge is -2.38. The number of likely N-dealkylation sites (tertiary alicyclic amines) is 1. The summed E-state index contributed by atoms with van der Waals surface area (Å²) in [4.78, 5) is 43.3. The van der Waals surface area contributed by atoms with E-state index in [1.165, 1.54) is 29.7 Å². The highest BCUT2D eigenvalue weighted by molar-refractivity contribution is 7.10. The number of hydrogen-bond donors (Lipinski definition) is 0. The molecule has 0 N–H and O–H groups in total. The first-order chi connectivity index (χ1) is 16.9. The summed E-state index contributed by atoms with van der Waals surface area (Å²) in [6.45, 7) is 2.56. The molecule has 1 aliphatic carbocycles. The first kappa shape index (κ1) is 23.0. The fourth-order valence-electron chi connectivity index (χ4n) is 6.25. The quantitative estimate of drug-likeness (QED) is 0.442. The van der Waals surface area contributed by atoms with Gasteiger partial charge in [-0.2, -0.15) is 0 Å². The average Bonchev–Trinajstić information content (AvgIpc) is 3.50. The van der Waals surface area contributed by atoms with Gasteiger partial charge in [0.15, 0.2) is 0 Å². The van der Waals surface area contributed by atoms with Gasteiger partial charge in [0, 0.05) is 9.90 Å². The molecular formula is C26H27ClN2O5S. The van der Waals surface area contributed by atoms with Gasteiger partial charge in [0.2, 0.25) is 5.91 Å². The largest absolute Gasteiger partial charge is 0.422 e. The molecule has 2 spiro atoms. The van der Waals surface area contributed by atoms with Crippen LogP contribution in [0.2, 0.25) is 5.02 Å². The molecule has 1 amide bonds. The highest BCUT2D eigenvalue weighted by Gasteiger charge is 2.68. The van der Waals surface area contributed by atoms with Gasteiger partial charge in [-0.3, -0.25) is 4.79 Å². The van der Waals surface area contributed by atoms with Crippen LogP contribution in [0.1, 0.15) is 54.9 Å². The normalized spacial score (nSPS) is 25.2. The Morgan fingerprint density at radius 3 is 2.46 bits per heavy atom. The van der Waals surface area contributed by atoms with Crippen molar-refractivity contribution in [2.24, 2.45) is 5.41 Å². The number of rotatable bonds is 4. The Morgan fingerprint density at radius 2 is 1.74 bits per heavy atom. The monoisotopic (exact) mass is 514 g/mol. The number of fused-ring (bicyclic) bond motifs is 1. The molecule has 1 atom stereocenters. The van der Waals surface area contributed by atoms with Crippen LogP contribution in [-0.2, 0) is 30.3 Å². The van der Waals surface area contributed by atoms with Crippen molar-refractivity contribution in [2.45, 2.75) is 56.8 Å². The number of anilines is 1. The molecule has 3 fully saturated rings. The summed E-state index contributed by atoms with van der Waals surface area (Å²) < 4.78 is 10.9. The molecule has 3 saturated heterocycles. The molecule has 35 heavy (non-hydrogen) atoms. The maximum atomic E-state index is 13.9. The average molecular weight is 515 g/mol. The fraction of sp³-hybridized carbons (Fsp3) is 0.500. The third kappa shape index (κ3) is 3.86. The van der Waals surface area contributed by atoms with Crippen LogP contribution < -0.4 is 4.90 Å². The number of hydrogen-bond acceptors (Lipinski definition) is 7. The third-order valence-electron chi connectivity index (χ3n) is 8.10. The molecule has 0 radical (unpaired) electrons. The topological polar surface area (TPSA) is 76.2 Å². The van der Waals surface area contributed by atoms with Crippen molar-refractivity contribution in [3.05, 3.63) is 51.2 Å². The molecule has 4 aliphatic rings. The molecule has 1 aromatic carbocycles. The SMILES string of the molecule is O=C1OC2(CC3(CCN(CCC4CCCc5sccc54)CC3)C(=O)N2c2ccc(Cl)cc2)OC1=O. The van der Waals surface area contributed by atoms with Crippen LogP contribution in [0.5, 0.6) is 0 Å². The number of esters is 2. The molecule has 6 rings (SSSR count). The van der Waals surface area contributed by atoms with Crippen LogP contribution in [0, 0.1) is 5.41 Å². The maximum absolute atomic E-state index is 13.9. The molecule has 4 heterocycles. The lowest BCUT2D eigenvalue weighted by Crippen LogP contribution is -2.48. The van der Waals surface area contributed by atoms with Gasteiger partial charge in [-0.1, -0.05) is 11.6 Å². The lowest BCUT2D eigenvalue weighted by atomic mass is 9.76. The summed E-state index contributed by atoms with van der Waals surface area (Å²) in [5.41, 5.74) is 1.28. The van der Waals surface area contributed by atoms with Crippen LogP contribution in [0.4, 0.5) is 5.69 Å². The number of carbonyl (C=O) groups excluding carboxylic acids is 3. The van der Waals surface area contributed by atoms with Gasteiger partial charge in [-0.25, -0.2) is 14.5 Å². The number of nitrogens with zero attached hydrogens (tertiary/aromatic N) is 2. The lowest BCUT2D eigenvalue weighted by molar-refractivity contribution is -0.177. The summed E-state index contributed by atoms with van der Waals surface area (Å²) in [5, 5.41) is 2.73. The van der Waals surface area contributed by atoms with Gasteiger partial charge in [0.25, 0.3) is 0 Å². The van der Waals surface area contributed by atoms with Crippen molar-refractivity contribution in [2.75, 3.05) is 24.5 Å². The van der Waals surface area contributed by atoms with E-state index in [1.807, 2.05) is 11.3 Å². The second kappa shape index (κ2) is 8.61. The molecule has 3 aliphatic heterocycles. The number of carbonyl (C=O) groups is 3. The zero-order chi connectivity index (χ0) is 24.2. The van der Waals surface area contributed by atoms with E-state index in [4.69, 9.17) is 21.1 Å². The summed E-state index contributed by atoms with van der Waals surface area (Å²) in [5.74, 6) is -3.40. The Bertz CT molecular complexity index is 1150. The Labute approximate surface area is 212 Å². The molecule has 0 saturated carbocycles. The zero-order valence-electron chi connectivity index (χ0n) is 19.3. The van der Waals surface area contributed by atoms with E-state index in [9.17, 15) is 14.4 Å². The molecular weight excluding hydrogens is 488 g/mol. The van der Waals surface area contributed by atoms with E-state index in [0.717, 1.165) is 26.1 Å². The third-order valence-corrected chi connectivity index (χ3v) is 9.35. The predicted molar refractivity (Wildman–Crippen MR) is 131 cm³/mol. The zero-order valence-corrected chi connectivity index (χ0v) is 20.9. The summed E-state index contributed by atoms with van der Waals surface area (Å²) in [6.07, 6.45) is 6.24. The molecule has 1 unspecified atom stereocenters. The van der Waals surface area contributed by atoms with Gasteiger partial charge >= 0.3 is 17.8 Å². The van der Waals surface area contributed by atoms with Gasteiger partial charge < -0.3 is 14.4 Å². The maximum Gasteiger partial charge on any atom is 0.422 e. The minimum absolute atomic E-state index is 0.146. The number of ether oxygens (including phenoxy) is 2. The van der Waals surface area contributed by atoms with Crippen LogP contribution in [0.15, 0.2) is 35.7 Å². The minimum Gasteiger partial charge on any atom is -0.394 e. The van der Waals surface area contributed by atoms with Crippen LogP contribution in [-0.4, -0.2) is 48.3 Å². The number of piperidine rings is 1. The standard InChI is InChI=1S/C26H27ClN2O5S/c27-18-4-6-19(7-5-18)29-24(32)25(16-26(29)33-22(30)23(31)34-26)10-13-28(14-11-25)12-8-17-2-1-3-21-20(17)9-15-35-21/h4-7,9,15,17H,1-3,8,10-14,16H2. The number of aryl methyl sites for hydroxylation is 1. The Balaban J connectivity index is 1.18. The van der Waals surface area contributed by atoms with Crippen molar-refractivity contribution in [1.29, 1.82) is 0 Å². The smallest absolute Gasteiger partial charge is 0.394 e. The first-order valence-corrected chi connectivity index (χ1v) is 13.5. The van der Waals surface area contributed by atoms with Gasteiger partial charge in [-0.15, -0.1) is 11.3 Å². The van der Waals surface area contributed by atoms with Crippen LogP contribution in [0.25, 0.3) is 0 Å². The molecule has 0 bridgehead atoms. The minimum atomic E-state index is -1.72. The van der Waals surface area contributed by atoms with Gasteiger partial charge in [0.05, 0.1) is 17.5 Å². The second-order valence-electron chi connectivity index (χ2n) is 10.1. The molecule has 7 nitrogen and oxygen atoms in total. The van der Waals surface area contributed by atoms with E-state index in [1.54, 1.807) is 29.1 Å².